The Labute approximate surface area is 128 Å². The summed E-state index contributed by atoms with van der Waals surface area (Å²) in [6, 6.07) is 0. The molecule has 0 unspecified atom stereocenters. The van der Waals surface area contributed by atoms with Gasteiger partial charge in [-0.1, -0.05) is 0 Å². The van der Waals surface area contributed by atoms with E-state index in [1.807, 2.05) is 0 Å². The summed E-state index contributed by atoms with van der Waals surface area (Å²) in [5.41, 5.74) is 5.71. The number of aromatic nitrogens is 1. The topological polar surface area (TPSA) is 114 Å². The van der Waals surface area contributed by atoms with Crippen LogP contribution in [-0.2, 0) is 19.9 Å². The summed E-state index contributed by atoms with van der Waals surface area (Å²) in [6.45, 7) is 0.719. The second-order valence-corrected chi connectivity index (χ2v) is 10.1. The number of nitrogens with zero attached hydrogens (tertiary/aromatic N) is 3. The Hall–Kier alpha value is -0.910. The van der Waals surface area contributed by atoms with Crippen molar-refractivity contribution in [1.82, 2.24) is 8.68 Å². The molecule has 8 nitrogen and oxygen atoms in total. The van der Waals surface area contributed by atoms with Gasteiger partial charge in [-0.3, -0.25) is 0 Å². The van der Waals surface area contributed by atoms with Crippen molar-refractivity contribution in [2.45, 2.75) is 11.3 Å². The first-order valence-electron chi connectivity index (χ1n) is 6.28. The molecule has 21 heavy (non-hydrogen) atoms. The van der Waals surface area contributed by atoms with Gasteiger partial charge in [0.2, 0.25) is 10.0 Å². The lowest BCUT2D eigenvalue weighted by Gasteiger charge is -2.22. The zero-order chi connectivity index (χ0) is 15.8. The number of sulfonamides is 1. The van der Waals surface area contributed by atoms with Gasteiger partial charge in [-0.05, 0) is 18.0 Å². The van der Waals surface area contributed by atoms with Crippen molar-refractivity contribution in [1.29, 1.82) is 0 Å². The van der Waals surface area contributed by atoms with Crippen LogP contribution in [0.3, 0.4) is 0 Å². The van der Waals surface area contributed by atoms with Crippen molar-refractivity contribution in [2.24, 2.45) is 0 Å². The quantitative estimate of drug-likeness (QED) is 0.785. The number of hydrogen-bond acceptors (Lipinski definition) is 8. The van der Waals surface area contributed by atoms with Crippen LogP contribution < -0.4 is 10.6 Å². The van der Waals surface area contributed by atoms with Gasteiger partial charge in [0.25, 0.3) is 0 Å². The minimum absolute atomic E-state index is 0.00621. The van der Waals surface area contributed by atoms with Crippen molar-refractivity contribution >= 4 is 42.2 Å². The Kier molecular flexibility index (Phi) is 4.47. The van der Waals surface area contributed by atoms with E-state index in [0.717, 1.165) is 15.8 Å². The van der Waals surface area contributed by atoms with E-state index >= 15 is 0 Å². The molecule has 1 aromatic heterocycles. The molecule has 0 aliphatic carbocycles. The minimum atomic E-state index is -3.72. The maximum absolute atomic E-state index is 12.4. The lowest BCUT2D eigenvalue weighted by molar-refractivity contribution is 0.521. The first-order valence-corrected chi connectivity index (χ1v) is 10.3. The zero-order valence-corrected chi connectivity index (χ0v) is 14.3. The Morgan fingerprint density at radius 1 is 1.29 bits per heavy atom. The van der Waals surface area contributed by atoms with E-state index in [4.69, 9.17) is 5.73 Å². The largest absolute Gasteiger partial charge is 0.382 e. The second-order valence-electron chi connectivity index (χ2n) is 4.98. The zero-order valence-electron chi connectivity index (χ0n) is 11.8. The molecule has 0 atom stereocenters. The summed E-state index contributed by atoms with van der Waals surface area (Å²) in [7, 11) is -3.95. The molecule has 11 heteroatoms. The maximum Gasteiger partial charge on any atom is 0.249 e. The van der Waals surface area contributed by atoms with Gasteiger partial charge in [0.1, 0.15) is 5.00 Å². The van der Waals surface area contributed by atoms with Gasteiger partial charge in [-0.15, -0.1) is 0 Å². The summed E-state index contributed by atoms with van der Waals surface area (Å²) < 4.78 is 53.0. The highest BCUT2D eigenvalue weighted by atomic mass is 32.2. The molecular weight excluding hydrogens is 336 g/mol. The van der Waals surface area contributed by atoms with Crippen molar-refractivity contribution in [2.75, 3.05) is 49.3 Å². The molecule has 2 rings (SSSR count). The fourth-order valence-corrected chi connectivity index (χ4v) is 5.60. The number of sulfone groups is 1. The lowest BCUT2D eigenvalue weighted by atomic mass is 10.4. The van der Waals surface area contributed by atoms with Gasteiger partial charge in [-0.2, -0.15) is 4.37 Å². The van der Waals surface area contributed by atoms with Crippen LogP contribution in [0.1, 0.15) is 6.42 Å². The van der Waals surface area contributed by atoms with Crippen LogP contribution in [0.25, 0.3) is 0 Å². The van der Waals surface area contributed by atoms with E-state index in [2.05, 4.69) is 4.37 Å². The van der Waals surface area contributed by atoms with Crippen LogP contribution in [0.2, 0.25) is 0 Å². The van der Waals surface area contributed by atoms with Gasteiger partial charge >= 0.3 is 0 Å². The van der Waals surface area contributed by atoms with Crippen molar-refractivity contribution in [3.63, 3.8) is 0 Å². The van der Waals surface area contributed by atoms with Gasteiger partial charge in [0, 0.05) is 27.2 Å². The van der Waals surface area contributed by atoms with Crippen LogP contribution in [0.15, 0.2) is 4.90 Å². The predicted molar refractivity (Wildman–Crippen MR) is 82.9 cm³/mol. The van der Waals surface area contributed by atoms with Gasteiger partial charge in [0.15, 0.2) is 20.6 Å². The molecule has 1 fully saturated rings. The molecule has 0 amide bonds. The van der Waals surface area contributed by atoms with Crippen molar-refractivity contribution in [3.8, 4) is 0 Å². The fourth-order valence-electron chi connectivity index (χ4n) is 2.05. The summed E-state index contributed by atoms with van der Waals surface area (Å²) in [6.07, 6.45) is 0.460. The SMILES string of the molecule is CN(C)S(=O)(=O)c1c(N)nsc1N1CCCS(=O)(=O)CC1. The molecule has 2 N–H and O–H groups in total. The van der Waals surface area contributed by atoms with Gasteiger partial charge in [-0.25, -0.2) is 21.1 Å². The third-order valence-corrected chi connectivity index (χ3v) is 7.89. The highest BCUT2D eigenvalue weighted by Crippen LogP contribution is 2.36. The van der Waals surface area contributed by atoms with Crippen LogP contribution >= 0.6 is 11.5 Å². The summed E-state index contributed by atoms with van der Waals surface area (Å²) in [5, 5.41) is 0.415. The first-order chi connectivity index (χ1) is 9.65. The molecule has 1 aromatic rings. The Morgan fingerprint density at radius 2 is 1.95 bits per heavy atom. The van der Waals surface area contributed by atoms with Crippen LogP contribution in [-0.4, -0.2) is 64.2 Å². The lowest BCUT2D eigenvalue weighted by Crippen LogP contribution is -2.29. The number of rotatable bonds is 3. The van der Waals surface area contributed by atoms with Gasteiger partial charge in [0.05, 0.1) is 11.5 Å². The Morgan fingerprint density at radius 3 is 2.57 bits per heavy atom. The standard InChI is InChI=1S/C10H18N4O4S3/c1-13(2)21(17,18)8-9(11)12-19-10(8)14-4-3-6-20(15,16)7-5-14/h3-7H2,1-2H3,(H2,11,12). The maximum atomic E-state index is 12.4. The van der Waals surface area contributed by atoms with Crippen LogP contribution in [0, 0.1) is 0 Å². The average molecular weight is 354 g/mol. The highest BCUT2D eigenvalue weighted by Gasteiger charge is 2.31. The molecule has 0 saturated carbocycles. The van der Waals surface area contributed by atoms with E-state index in [1.165, 1.54) is 14.1 Å². The molecular formula is C10H18N4O4S3. The normalized spacial score (nSPS) is 19.7. The van der Waals surface area contributed by atoms with E-state index in [0.29, 0.717) is 18.0 Å². The number of nitrogens with two attached hydrogens (primary N) is 1. The Bertz CT molecular complexity index is 723. The van der Waals surface area contributed by atoms with E-state index < -0.39 is 19.9 Å². The monoisotopic (exact) mass is 354 g/mol. The van der Waals surface area contributed by atoms with E-state index in [9.17, 15) is 16.8 Å². The van der Waals surface area contributed by atoms with E-state index in [-0.39, 0.29) is 28.8 Å². The van der Waals surface area contributed by atoms with Gasteiger partial charge < -0.3 is 10.6 Å². The molecule has 1 aliphatic heterocycles. The smallest absolute Gasteiger partial charge is 0.249 e. The summed E-state index contributed by atoms with van der Waals surface area (Å²) in [4.78, 5) is 1.71. The van der Waals surface area contributed by atoms with Crippen molar-refractivity contribution in [3.05, 3.63) is 0 Å². The van der Waals surface area contributed by atoms with Crippen molar-refractivity contribution < 1.29 is 16.8 Å². The summed E-state index contributed by atoms with van der Waals surface area (Å²) >= 11 is 0.987. The minimum Gasteiger partial charge on any atom is -0.382 e. The van der Waals surface area contributed by atoms with Crippen LogP contribution in [0.5, 0.6) is 0 Å². The Balaban J connectivity index is 2.43. The molecule has 1 aliphatic rings. The average Bonchev–Trinajstić information content (AvgIpc) is 2.66. The number of anilines is 2. The van der Waals surface area contributed by atoms with Crippen LogP contribution in [0.4, 0.5) is 10.8 Å². The third kappa shape index (κ3) is 3.30. The molecule has 0 radical (unpaired) electrons. The molecule has 0 bridgehead atoms. The number of hydrogen-bond donors (Lipinski definition) is 1. The molecule has 120 valence electrons. The summed E-state index contributed by atoms with van der Waals surface area (Å²) in [5.74, 6) is 0.0793. The fraction of sp³-hybridized carbons (Fsp3) is 0.700. The predicted octanol–water partition coefficient (Wildman–Crippen LogP) is -0.399. The first kappa shape index (κ1) is 16.5. The third-order valence-electron chi connectivity index (χ3n) is 3.24. The number of nitrogen functional groups attached to an aromatic ring is 1. The molecule has 0 aromatic carbocycles. The van der Waals surface area contributed by atoms with E-state index in [1.54, 1.807) is 4.90 Å². The molecule has 1 saturated heterocycles. The molecule has 0 spiro atoms. The highest BCUT2D eigenvalue weighted by molar-refractivity contribution is 7.91. The second kappa shape index (κ2) is 5.71. The molecule has 2 heterocycles.